The van der Waals surface area contributed by atoms with Crippen molar-refractivity contribution < 1.29 is 37.0 Å². The van der Waals surface area contributed by atoms with Gasteiger partial charge in [0.2, 0.25) is 9.23 Å². The van der Waals surface area contributed by atoms with Gasteiger partial charge in [-0.25, -0.2) is 4.21 Å². The van der Waals surface area contributed by atoms with Crippen LogP contribution in [0, 0.1) is 0 Å². The molecule has 0 radical (unpaired) electrons. The van der Waals surface area contributed by atoms with Crippen molar-refractivity contribution in [3.05, 3.63) is 72.3 Å². The average Bonchev–Trinajstić information content (AvgIpc) is 3.64. The van der Waals surface area contributed by atoms with Crippen molar-refractivity contribution in [2.24, 2.45) is 0 Å². The van der Waals surface area contributed by atoms with Crippen LogP contribution < -0.4 is 0 Å². The van der Waals surface area contributed by atoms with Crippen molar-refractivity contribution in [1.29, 1.82) is 0 Å². The van der Waals surface area contributed by atoms with Gasteiger partial charge in [0.25, 0.3) is 0 Å². The molecule has 0 unspecified atom stereocenters. The molecule has 45 heavy (non-hydrogen) atoms. The Labute approximate surface area is 280 Å². The van der Waals surface area contributed by atoms with E-state index >= 15 is 0 Å². The summed E-state index contributed by atoms with van der Waals surface area (Å²) in [5.41, 5.74) is 3.34. The molecule has 0 aliphatic rings. The van der Waals surface area contributed by atoms with Crippen LogP contribution in [-0.2, 0) is 34.8 Å². The highest BCUT2D eigenvalue weighted by Crippen LogP contribution is 2.26. The van der Waals surface area contributed by atoms with Gasteiger partial charge in [0.15, 0.2) is 0 Å². The van der Waals surface area contributed by atoms with E-state index in [1.54, 1.807) is 49.5 Å². The van der Waals surface area contributed by atoms with E-state index in [4.69, 9.17) is 17.2 Å². The minimum atomic E-state index is -4.23. The Morgan fingerprint density at radius 1 is 0.822 bits per heavy atom. The smallest absolute Gasteiger partial charge is 0.390 e. The first-order valence-electron chi connectivity index (χ1n) is 13.1. The molecule has 0 aromatic carbocycles. The molecule has 0 atom stereocenters. The van der Waals surface area contributed by atoms with Crippen LogP contribution in [0.4, 0.5) is 26.3 Å². The van der Waals surface area contributed by atoms with Crippen molar-refractivity contribution in [3.8, 4) is 22.8 Å². The Kier molecular flexibility index (Phi) is 19.3. The number of rotatable bonds is 8. The van der Waals surface area contributed by atoms with E-state index in [0.29, 0.717) is 35.2 Å². The summed E-state index contributed by atoms with van der Waals surface area (Å²) in [6.45, 7) is 1.56. The Morgan fingerprint density at radius 2 is 1.20 bits per heavy atom. The third kappa shape index (κ3) is 16.1. The zero-order valence-corrected chi connectivity index (χ0v) is 27.4. The average molecular weight is 747 g/mol. The van der Waals surface area contributed by atoms with Gasteiger partial charge in [-0.3, -0.25) is 19.3 Å². The van der Waals surface area contributed by atoms with Gasteiger partial charge in [-0.1, -0.05) is 26.0 Å². The molecule has 4 aromatic heterocycles. The maximum absolute atomic E-state index is 12.2. The third-order valence-corrected chi connectivity index (χ3v) is 5.52. The number of aliphatic hydroxyl groups is 1. The molecule has 0 saturated heterocycles. The lowest BCUT2D eigenvalue weighted by atomic mass is 10.1. The van der Waals surface area contributed by atoms with E-state index in [-0.39, 0.29) is 38.0 Å². The predicted octanol–water partition coefficient (Wildman–Crippen LogP) is 8.52. The molecule has 4 aromatic rings. The first kappa shape index (κ1) is 40.6. The Balaban J connectivity index is 0.000000720. The number of halogens is 10. The highest BCUT2D eigenvalue weighted by atomic mass is 36.0. The molecule has 4 rings (SSSR count). The van der Waals surface area contributed by atoms with Crippen LogP contribution in [0.3, 0.4) is 0 Å². The first-order chi connectivity index (χ1) is 21.2. The molecule has 252 valence electrons. The molecule has 0 spiro atoms. The van der Waals surface area contributed by atoms with Gasteiger partial charge >= 0.3 is 12.4 Å². The van der Waals surface area contributed by atoms with Gasteiger partial charge in [0.05, 0.1) is 55.3 Å². The Bertz CT molecular complexity index is 1340. The van der Waals surface area contributed by atoms with Gasteiger partial charge in [0.1, 0.15) is 0 Å². The minimum Gasteiger partial charge on any atom is -0.392 e. The molecule has 0 saturated carbocycles. The van der Waals surface area contributed by atoms with Crippen LogP contribution in [-0.4, -0.2) is 51.2 Å². The fraction of sp³-hybridized carbons (Fsp3) is 0.385. The number of aliphatic hydroxyl groups excluding tert-OH is 1. The van der Waals surface area contributed by atoms with Crippen molar-refractivity contribution in [1.82, 2.24) is 29.5 Å². The maximum atomic E-state index is 12.2. The van der Waals surface area contributed by atoms with E-state index < -0.39 is 34.4 Å². The highest BCUT2D eigenvalue weighted by molar-refractivity contribution is 8.26. The van der Waals surface area contributed by atoms with E-state index in [1.165, 1.54) is 28.0 Å². The number of hydrogen-bond acceptors (Lipinski definition) is 6. The molecule has 8 nitrogen and oxygen atoms in total. The monoisotopic (exact) mass is 745 g/mol. The number of pyridine rings is 2. The lowest BCUT2D eigenvalue weighted by molar-refractivity contribution is -0.138. The van der Waals surface area contributed by atoms with E-state index in [0.717, 1.165) is 5.56 Å². The van der Waals surface area contributed by atoms with Crippen LogP contribution in [0.2, 0.25) is 0 Å². The topological polar surface area (TPSA) is 98.7 Å². The largest absolute Gasteiger partial charge is 0.392 e. The second-order valence-corrected chi connectivity index (χ2v) is 10.9. The molecule has 19 heteroatoms. The summed E-state index contributed by atoms with van der Waals surface area (Å²) in [7, 11) is 7.36. The van der Waals surface area contributed by atoms with Crippen LogP contribution >= 0.6 is 45.4 Å². The Morgan fingerprint density at radius 3 is 1.56 bits per heavy atom. The molecule has 0 amide bonds. The second-order valence-electron chi connectivity index (χ2n) is 8.11. The summed E-state index contributed by atoms with van der Waals surface area (Å²) in [4.78, 5) is 8.27. The summed E-state index contributed by atoms with van der Waals surface area (Å²) < 4.78 is 91.3. The highest BCUT2D eigenvalue weighted by Gasteiger charge is 2.28. The van der Waals surface area contributed by atoms with Gasteiger partial charge in [-0.15, -0.1) is 24.0 Å². The van der Waals surface area contributed by atoms with Gasteiger partial charge in [-0.05, 0) is 29.8 Å². The molecular weight excluding hydrogens is 716 g/mol. The van der Waals surface area contributed by atoms with Crippen LogP contribution in [0.1, 0.15) is 39.2 Å². The minimum absolute atomic E-state index is 0. The number of alkyl halides is 7. The molecule has 0 aliphatic carbocycles. The summed E-state index contributed by atoms with van der Waals surface area (Å²) >= 11 is 5.80. The van der Waals surface area contributed by atoms with Gasteiger partial charge in [-0.2, -0.15) is 36.5 Å². The van der Waals surface area contributed by atoms with Crippen LogP contribution in [0.15, 0.2) is 61.2 Å². The zero-order chi connectivity index (χ0) is 34.0. The molecule has 1 N–H and O–H groups in total. The third-order valence-electron chi connectivity index (χ3n) is 5.23. The van der Waals surface area contributed by atoms with Crippen LogP contribution in [0.5, 0.6) is 0 Å². The summed E-state index contributed by atoms with van der Waals surface area (Å²) in [5.74, 6) is 0.244. The normalized spacial score (nSPS) is 11.2. The summed E-state index contributed by atoms with van der Waals surface area (Å²) in [5, 5.41) is 17.0. The van der Waals surface area contributed by atoms with Gasteiger partial charge in [0, 0.05) is 59.0 Å². The number of nitrogens with zero attached hydrogens (tertiary/aromatic N) is 6. The molecule has 0 aliphatic heterocycles. The summed E-state index contributed by atoms with van der Waals surface area (Å²) in [6.07, 6.45) is -4.34. The molecule has 0 bridgehead atoms. The van der Waals surface area contributed by atoms with Crippen molar-refractivity contribution in [2.75, 3.05) is 0 Å². The fourth-order valence-corrected chi connectivity index (χ4v) is 3.68. The van der Waals surface area contributed by atoms with E-state index in [9.17, 15) is 31.4 Å². The SMILES string of the molecule is Cl.FC(F)(F)CCn1nccc1-c1ncccc1CCl.O=S(Cl)Cl.OCc1cccnc1-c1ccnn1CCC(F)(F)F.[2H]CC. The van der Waals surface area contributed by atoms with Crippen molar-refractivity contribution in [3.63, 3.8) is 0 Å². The number of aromatic nitrogens is 6. The fourth-order valence-electron chi connectivity index (χ4n) is 3.46. The predicted molar refractivity (Wildman–Crippen MR) is 166 cm³/mol. The molecular formula is C26H30Cl4F6N6O2S. The van der Waals surface area contributed by atoms with E-state index in [1.807, 2.05) is 0 Å². The number of hydrogen-bond donors (Lipinski definition) is 1. The Hall–Kier alpha value is -2.43. The van der Waals surface area contributed by atoms with Crippen molar-refractivity contribution in [2.45, 2.75) is 64.6 Å². The number of aryl methyl sites for hydroxylation is 2. The maximum Gasteiger partial charge on any atom is 0.390 e. The standard InChI is InChI=1S/C12H11ClF3N3.C12H12F3N3O.C2H6.Cl2OS.ClH/c13-8-9-2-1-5-17-11(9)10-3-6-18-19(10)7-4-12(14,15)16;13-12(14,15)4-7-18-10(3-6-17-18)11-9(8-19)2-1-5-16-11;1-2;1-4(2)3;/h1-3,5-6H,4,7-8H2;1-3,5-6,19H,4,7-8H2;1-2H3;;1H/i;;1D;;. The van der Waals surface area contributed by atoms with Gasteiger partial charge < -0.3 is 5.11 Å². The zero-order valence-electron chi connectivity index (χ0n) is 24.5. The van der Waals surface area contributed by atoms with E-state index in [2.05, 4.69) is 41.5 Å². The van der Waals surface area contributed by atoms with Crippen LogP contribution in [0.25, 0.3) is 22.8 Å². The first-order valence-corrected chi connectivity index (χ1v) is 15.8. The second kappa shape index (κ2) is 21.4. The lowest BCUT2D eigenvalue weighted by Crippen LogP contribution is -2.14. The quantitative estimate of drug-likeness (QED) is 0.110. The summed E-state index contributed by atoms with van der Waals surface area (Å²) in [6, 6.07) is 10.1. The molecule has 0 fully saturated rings. The van der Waals surface area contributed by atoms with Crippen molar-refractivity contribution >= 4 is 54.6 Å². The lowest BCUT2D eigenvalue weighted by Gasteiger charge is -2.11. The molecule has 4 heterocycles.